The van der Waals surface area contributed by atoms with Crippen LogP contribution in [-0.2, 0) is 23.2 Å². The molecule has 0 saturated carbocycles. The number of aryl methyl sites for hydroxylation is 2. The zero-order valence-corrected chi connectivity index (χ0v) is 11.3. The summed E-state index contributed by atoms with van der Waals surface area (Å²) in [4.78, 5) is 25.2. The van der Waals surface area contributed by atoms with Gasteiger partial charge in [-0.3, -0.25) is 4.79 Å². The van der Waals surface area contributed by atoms with Crippen molar-refractivity contribution in [2.75, 3.05) is 6.54 Å². The number of hydrogen-bond donors (Lipinski definition) is 1. The molecule has 2 aliphatic rings. The molecule has 1 atom stereocenters. The van der Waals surface area contributed by atoms with Crippen molar-refractivity contribution < 1.29 is 9.59 Å². The van der Waals surface area contributed by atoms with Crippen molar-refractivity contribution in [2.45, 2.75) is 31.7 Å². The van der Waals surface area contributed by atoms with Gasteiger partial charge in [0.15, 0.2) is 0 Å². The fourth-order valence-electron chi connectivity index (χ4n) is 2.99. The zero-order chi connectivity index (χ0) is 14.3. The van der Waals surface area contributed by atoms with E-state index in [2.05, 4.69) is 5.32 Å². The van der Waals surface area contributed by atoms with Crippen LogP contribution in [0.15, 0.2) is 18.2 Å². The first kappa shape index (κ1) is 12.7. The Hall–Kier alpha value is -2.35. The highest BCUT2D eigenvalue weighted by atomic mass is 16.2. The molecule has 5 heteroatoms. The Morgan fingerprint density at radius 1 is 1.35 bits per heavy atom. The Morgan fingerprint density at radius 2 is 2.10 bits per heavy atom. The summed E-state index contributed by atoms with van der Waals surface area (Å²) in [6.45, 7) is 1.48. The van der Waals surface area contributed by atoms with Gasteiger partial charge in [0.05, 0.1) is 6.07 Å². The molecule has 1 aromatic rings. The molecule has 1 unspecified atom stereocenters. The molecule has 5 nitrogen and oxygen atoms in total. The third kappa shape index (κ3) is 1.68. The van der Waals surface area contributed by atoms with Crippen molar-refractivity contribution in [3.63, 3.8) is 0 Å². The molecule has 0 bridgehead atoms. The summed E-state index contributed by atoms with van der Waals surface area (Å²) in [5.41, 5.74) is 2.30. The van der Waals surface area contributed by atoms with Crippen molar-refractivity contribution in [3.8, 4) is 6.07 Å². The maximum absolute atomic E-state index is 12.4. The van der Waals surface area contributed by atoms with Crippen LogP contribution < -0.4 is 5.32 Å². The lowest BCUT2D eigenvalue weighted by Crippen LogP contribution is -2.41. The van der Waals surface area contributed by atoms with E-state index in [0.717, 1.165) is 29.7 Å². The maximum Gasteiger partial charge on any atom is 0.326 e. The monoisotopic (exact) mass is 269 g/mol. The fourth-order valence-corrected chi connectivity index (χ4v) is 2.99. The van der Waals surface area contributed by atoms with Crippen LogP contribution in [0, 0.1) is 11.3 Å². The minimum Gasteiger partial charge on any atom is -0.319 e. The lowest BCUT2D eigenvalue weighted by molar-refractivity contribution is -0.130. The number of fused-ring (bicyclic) bond motifs is 1. The van der Waals surface area contributed by atoms with Crippen molar-refractivity contribution >= 4 is 11.9 Å². The molecule has 0 spiro atoms. The Balaban J connectivity index is 1.99. The van der Waals surface area contributed by atoms with Gasteiger partial charge in [-0.2, -0.15) is 5.26 Å². The number of nitriles is 1. The van der Waals surface area contributed by atoms with Gasteiger partial charge in [-0.05, 0) is 42.9 Å². The van der Waals surface area contributed by atoms with Gasteiger partial charge in [0, 0.05) is 0 Å². The summed E-state index contributed by atoms with van der Waals surface area (Å²) in [6.07, 6.45) is 3.23. The molecule has 1 aliphatic heterocycles. The van der Waals surface area contributed by atoms with Gasteiger partial charge >= 0.3 is 6.03 Å². The van der Waals surface area contributed by atoms with E-state index in [1.165, 1.54) is 11.1 Å². The van der Waals surface area contributed by atoms with Crippen LogP contribution in [0.5, 0.6) is 0 Å². The fraction of sp³-hybridized carbons (Fsp3) is 0.400. The minimum absolute atomic E-state index is 0.217. The second-order valence-corrected chi connectivity index (χ2v) is 5.44. The Bertz CT molecular complexity index is 647. The van der Waals surface area contributed by atoms with Crippen molar-refractivity contribution in [3.05, 3.63) is 34.9 Å². The zero-order valence-electron chi connectivity index (χ0n) is 11.3. The quantitative estimate of drug-likeness (QED) is 0.652. The highest BCUT2D eigenvalue weighted by Crippen LogP contribution is 2.32. The first-order valence-corrected chi connectivity index (χ1v) is 6.69. The third-order valence-corrected chi connectivity index (χ3v) is 4.18. The van der Waals surface area contributed by atoms with E-state index in [1.54, 1.807) is 6.92 Å². The van der Waals surface area contributed by atoms with Crippen LogP contribution in [0.2, 0.25) is 0 Å². The van der Waals surface area contributed by atoms with E-state index in [1.807, 2.05) is 24.3 Å². The standard InChI is InChI=1S/C15H15N3O2/c1-15(13(19)18(8-7-16)14(20)17-15)12-6-5-10-3-2-4-11(10)9-12/h5-6,9H,2-4,8H2,1H3,(H,17,20). The Morgan fingerprint density at radius 3 is 2.85 bits per heavy atom. The number of nitrogens with zero attached hydrogens (tertiary/aromatic N) is 2. The summed E-state index contributed by atoms with van der Waals surface area (Å²) >= 11 is 0. The summed E-state index contributed by atoms with van der Waals surface area (Å²) in [6, 6.07) is 7.29. The van der Waals surface area contributed by atoms with Crippen LogP contribution in [0.25, 0.3) is 0 Å². The Kier molecular flexibility index (Phi) is 2.75. The lowest BCUT2D eigenvalue weighted by Gasteiger charge is -2.22. The van der Waals surface area contributed by atoms with Crippen LogP contribution in [0.4, 0.5) is 4.79 Å². The Labute approximate surface area is 117 Å². The number of rotatable bonds is 2. The topological polar surface area (TPSA) is 73.2 Å². The molecule has 1 aliphatic carbocycles. The first-order valence-electron chi connectivity index (χ1n) is 6.69. The largest absolute Gasteiger partial charge is 0.326 e. The molecule has 1 N–H and O–H groups in total. The summed E-state index contributed by atoms with van der Waals surface area (Å²) in [7, 11) is 0. The molecule has 1 saturated heterocycles. The van der Waals surface area contributed by atoms with E-state index in [0.29, 0.717) is 0 Å². The van der Waals surface area contributed by atoms with E-state index in [9.17, 15) is 9.59 Å². The van der Waals surface area contributed by atoms with Crippen LogP contribution in [-0.4, -0.2) is 23.4 Å². The molecule has 102 valence electrons. The average Bonchev–Trinajstić information content (AvgIpc) is 2.97. The minimum atomic E-state index is -1.06. The number of imide groups is 1. The van der Waals surface area contributed by atoms with Crippen molar-refractivity contribution in [1.82, 2.24) is 10.2 Å². The molecule has 0 radical (unpaired) electrons. The summed E-state index contributed by atoms with van der Waals surface area (Å²) < 4.78 is 0. The molecule has 3 rings (SSSR count). The van der Waals surface area contributed by atoms with Crippen LogP contribution in [0.1, 0.15) is 30.0 Å². The number of carbonyl (C=O) groups is 2. The predicted octanol–water partition coefficient (Wildman–Crippen LogP) is 1.47. The number of urea groups is 1. The smallest absolute Gasteiger partial charge is 0.319 e. The molecular formula is C15H15N3O2. The van der Waals surface area contributed by atoms with E-state index in [4.69, 9.17) is 5.26 Å². The molecule has 0 aromatic heterocycles. The van der Waals surface area contributed by atoms with Crippen LogP contribution >= 0.6 is 0 Å². The highest BCUT2D eigenvalue weighted by Gasteiger charge is 2.49. The lowest BCUT2D eigenvalue weighted by atomic mass is 9.90. The van der Waals surface area contributed by atoms with Gasteiger partial charge in [-0.15, -0.1) is 0 Å². The van der Waals surface area contributed by atoms with E-state index < -0.39 is 11.6 Å². The van der Waals surface area contributed by atoms with Crippen molar-refractivity contribution in [1.29, 1.82) is 5.26 Å². The number of benzene rings is 1. The van der Waals surface area contributed by atoms with Gasteiger partial charge in [0.2, 0.25) is 0 Å². The summed E-state index contributed by atoms with van der Waals surface area (Å²) in [5, 5.41) is 11.4. The second-order valence-electron chi connectivity index (χ2n) is 5.44. The van der Waals surface area contributed by atoms with Crippen LogP contribution in [0.3, 0.4) is 0 Å². The SMILES string of the molecule is CC1(c2ccc3c(c2)CCC3)NC(=O)N(CC#N)C1=O. The van der Waals surface area contributed by atoms with Gasteiger partial charge in [0.25, 0.3) is 5.91 Å². The second kappa shape index (κ2) is 4.34. The molecule has 1 fully saturated rings. The molecule has 1 heterocycles. The third-order valence-electron chi connectivity index (χ3n) is 4.18. The highest BCUT2D eigenvalue weighted by molar-refractivity contribution is 6.07. The number of carbonyl (C=O) groups excluding carboxylic acids is 2. The van der Waals surface area contributed by atoms with Gasteiger partial charge < -0.3 is 5.32 Å². The number of amides is 3. The van der Waals surface area contributed by atoms with E-state index >= 15 is 0 Å². The molecule has 1 aromatic carbocycles. The average molecular weight is 269 g/mol. The molecule has 20 heavy (non-hydrogen) atoms. The van der Waals surface area contributed by atoms with Crippen molar-refractivity contribution in [2.24, 2.45) is 0 Å². The van der Waals surface area contributed by atoms with Gasteiger partial charge in [-0.1, -0.05) is 18.2 Å². The molecule has 3 amide bonds. The first-order chi connectivity index (χ1) is 9.56. The normalized spacial score (nSPS) is 24.5. The van der Waals surface area contributed by atoms with Gasteiger partial charge in [0.1, 0.15) is 12.1 Å². The van der Waals surface area contributed by atoms with E-state index in [-0.39, 0.29) is 12.5 Å². The predicted molar refractivity (Wildman–Crippen MR) is 71.7 cm³/mol. The number of hydrogen-bond acceptors (Lipinski definition) is 3. The van der Waals surface area contributed by atoms with Gasteiger partial charge in [-0.25, -0.2) is 9.69 Å². The molecular weight excluding hydrogens is 254 g/mol. The number of nitrogens with one attached hydrogen (secondary N) is 1. The maximum atomic E-state index is 12.4. The summed E-state index contributed by atoms with van der Waals surface area (Å²) in [5.74, 6) is -0.359.